The van der Waals surface area contributed by atoms with Crippen LogP contribution in [0.3, 0.4) is 0 Å². The standard InChI is InChI=1S/C14H11ClN2S/c1-2-18-12-6-3-10(4-7-12)13-8-5-11(9-16)14(15)17-13/h3-8H,2H2,1H3. The number of thioether (sulfide) groups is 1. The van der Waals surface area contributed by atoms with Crippen molar-refractivity contribution in [1.29, 1.82) is 5.26 Å². The highest BCUT2D eigenvalue weighted by Gasteiger charge is 2.05. The number of nitriles is 1. The van der Waals surface area contributed by atoms with Crippen LogP contribution in [0.1, 0.15) is 12.5 Å². The molecule has 0 unspecified atom stereocenters. The van der Waals surface area contributed by atoms with Gasteiger partial charge in [-0.25, -0.2) is 4.98 Å². The fourth-order valence-electron chi connectivity index (χ4n) is 1.57. The second-order valence-electron chi connectivity index (χ2n) is 3.60. The van der Waals surface area contributed by atoms with Crippen molar-refractivity contribution in [3.8, 4) is 17.3 Å². The Bertz CT molecular complexity index is 588. The van der Waals surface area contributed by atoms with Crippen LogP contribution in [0.15, 0.2) is 41.3 Å². The average Bonchev–Trinajstić information content (AvgIpc) is 2.40. The molecule has 0 spiro atoms. The lowest BCUT2D eigenvalue weighted by molar-refractivity contribution is 1.29. The number of halogens is 1. The van der Waals surface area contributed by atoms with Crippen LogP contribution in [0.5, 0.6) is 0 Å². The maximum absolute atomic E-state index is 8.80. The van der Waals surface area contributed by atoms with Crippen molar-refractivity contribution >= 4 is 23.4 Å². The van der Waals surface area contributed by atoms with Crippen LogP contribution < -0.4 is 0 Å². The minimum atomic E-state index is 0.252. The third-order valence-corrected chi connectivity index (χ3v) is 3.61. The molecule has 2 aromatic rings. The van der Waals surface area contributed by atoms with E-state index in [2.05, 4.69) is 24.0 Å². The molecule has 18 heavy (non-hydrogen) atoms. The van der Waals surface area contributed by atoms with E-state index in [-0.39, 0.29) is 5.15 Å². The van der Waals surface area contributed by atoms with Gasteiger partial charge in [0.1, 0.15) is 11.2 Å². The number of aromatic nitrogens is 1. The van der Waals surface area contributed by atoms with Gasteiger partial charge in [-0.15, -0.1) is 11.8 Å². The molecule has 90 valence electrons. The van der Waals surface area contributed by atoms with Crippen LogP contribution in [0.25, 0.3) is 11.3 Å². The molecule has 0 aliphatic rings. The SMILES string of the molecule is CCSc1ccc(-c2ccc(C#N)c(Cl)n2)cc1. The second kappa shape index (κ2) is 5.90. The molecule has 2 nitrogen and oxygen atoms in total. The van der Waals surface area contributed by atoms with Gasteiger partial charge in [-0.2, -0.15) is 5.26 Å². The van der Waals surface area contributed by atoms with Crippen LogP contribution in [0, 0.1) is 11.3 Å². The van der Waals surface area contributed by atoms with Crippen LogP contribution in [0.2, 0.25) is 5.15 Å². The first-order valence-corrected chi connectivity index (χ1v) is 6.91. The van der Waals surface area contributed by atoms with Crippen molar-refractivity contribution in [3.63, 3.8) is 0 Å². The minimum Gasteiger partial charge on any atom is -0.235 e. The third kappa shape index (κ3) is 2.84. The maximum Gasteiger partial charge on any atom is 0.147 e. The summed E-state index contributed by atoms with van der Waals surface area (Å²) in [5.74, 6) is 1.06. The lowest BCUT2D eigenvalue weighted by Gasteiger charge is -2.04. The van der Waals surface area contributed by atoms with Gasteiger partial charge in [-0.3, -0.25) is 0 Å². The molecule has 2 rings (SSSR count). The van der Waals surface area contributed by atoms with Crippen molar-refractivity contribution in [3.05, 3.63) is 47.1 Å². The van der Waals surface area contributed by atoms with Gasteiger partial charge in [0.2, 0.25) is 0 Å². The fraction of sp³-hybridized carbons (Fsp3) is 0.143. The summed E-state index contributed by atoms with van der Waals surface area (Å²) in [5, 5.41) is 9.05. The highest BCUT2D eigenvalue weighted by molar-refractivity contribution is 7.99. The van der Waals surface area contributed by atoms with Crippen molar-refractivity contribution < 1.29 is 0 Å². The van der Waals surface area contributed by atoms with Crippen molar-refractivity contribution in [1.82, 2.24) is 4.98 Å². The van der Waals surface area contributed by atoms with Crippen LogP contribution in [-0.2, 0) is 0 Å². The monoisotopic (exact) mass is 274 g/mol. The highest BCUT2D eigenvalue weighted by atomic mass is 35.5. The van der Waals surface area contributed by atoms with Gasteiger partial charge in [-0.05, 0) is 30.0 Å². The zero-order chi connectivity index (χ0) is 13.0. The molecule has 1 aromatic carbocycles. The summed E-state index contributed by atoms with van der Waals surface area (Å²) in [6.07, 6.45) is 0. The Labute approximate surface area is 116 Å². The molecule has 0 aliphatic heterocycles. The maximum atomic E-state index is 8.80. The molecule has 0 saturated heterocycles. The molecule has 0 fully saturated rings. The van der Waals surface area contributed by atoms with Gasteiger partial charge in [0.25, 0.3) is 0 Å². The topological polar surface area (TPSA) is 36.7 Å². The Morgan fingerprint density at radius 1 is 1.22 bits per heavy atom. The molecule has 0 amide bonds. The average molecular weight is 275 g/mol. The molecule has 4 heteroatoms. The lowest BCUT2D eigenvalue weighted by atomic mass is 10.1. The van der Waals surface area contributed by atoms with Crippen LogP contribution in [0.4, 0.5) is 0 Å². The first kappa shape index (κ1) is 12.9. The van der Waals surface area contributed by atoms with E-state index in [0.29, 0.717) is 5.56 Å². The van der Waals surface area contributed by atoms with E-state index in [4.69, 9.17) is 16.9 Å². The quantitative estimate of drug-likeness (QED) is 0.615. The largest absolute Gasteiger partial charge is 0.235 e. The Morgan fingerprint density at radius 3 is 2.50 bits per heavy atom. The molecule has 0 radical (unpaired) electrons. The van der Waals surface area contributed by atoms with Crippen LogP contribution >= 0.6 is 23.4 Å². The molecule has 1 heterocycles. The Kier molecular flexibility index (Phi) is 4.24. The number of hydrogen-bond acceptors (Lipinski definition) is 3. The number of benzene rings is 1. The Balaban J connectivity index is 2.31. The fourth-order valence-corrected chi connectivity index (χ4v) is 2.43. The second-order valence-corrected chi connectivity index (χ2v) is 5.30. The normalized spacial score (nSPS) is 10.1. The van der Waals surface area contributed by atoms with Gasteiger partial charge in [0, 0.05) is 10.5 Å². The van der Waals surface area contributed by atoms with Gasteiger partial charge >= 0.3 is 0 Å². The molecular weight excluding hydrogens is 264 g/mol. The third-order valence-electron chi connectivity index (χ3n) is 2.43. The number of pyridine rings is 1. The zero-order valence-corrected chi connectivity index (χ0v) is 11.4. The summed E-state index contributed by atoms with van der Waals surface area (Å²) in [6.45, 7) is 2.13. The first-order chi connectivity index (χ1) is 8.74. The molecule has 0 atom stereocenters. The van der Waals surface area contributed by atoms with E-state index in [9.17, 15) is 0 Å². The first-order valence-electron chi connectivity index (χ1n) is 5.54. The lowest BCUT2D eigenvalue weighted by Crippen LogP contribution is -1.87. The van der Waals surface area contributed by atoms with Gasteiger partial charge in [-0.1, -0.05) is 30.7 Å². The number of hydrogen-bond donors (Lipinski definition) is 0. The Hall–Kier alpha value is -1.50. The summed E-state index contributed by atoms with van der Waals surface area (Å²) < 4.78 is 0. The summed E-state index contributed by atoms with van der Waals surface area (Å²) in [7, 11) is 0. The zero-order valence-electron chi connectivity index (χ0n) is 9.85. The summed E-state index contributed by atoms with van der Waals surface area (Å²) in [4.78, 5) is 5.46. The van der Waals surface area contributed by atoms with Crippen molar-refractivity contribution in [2.75, 3.05) is 5.75 Å². The molecule has 0 bridgehead atoms. The highest BCUT2D eigenvalue weighted by Crippen LogP contribution is 2.24. The number of rotatable bonds is 3. The van der Waals surface area contributed by atoms with Gasteiger partial charge in [0.15, 0.2) is 0 Å². The molecule has 0 aliphatic carbocycles. The minimum absolute atomic E-state index is 0.252. The van der Waals surface area contributed by atoms with E-state index in [1.165, 1.54) is 4.90 Å². The Morgan fingerprint density at radius 2 is 1.94 bits per heavy atom. The smallest absolute Gasteiger partial charge is 0.147 e. The number of nitrogens with zero attached hydrogens (tertiary/aromatic N) is 2. The summed E-state index contributed by atoms with van der Waals surface area (Å²) >= 11 is 7.72. The van der Waals surface area contributed by atoms with E-state index in [1.807, 2.05) is 24.3 Å². The van der Waals surface area contributed by atoms with Crippen molar-refractivity contribution in [2.45, 2.75) is 11.8 Å². The predicted molar refractivity (Wildman–Crippen MR) is 75.8 cm³/mol. The molecule has 0 N–H and O–H groups in total. The molecule has 1 aromatic heterocycles. The van der Waals surface area contributed by atoms with E-state index < -0.39 is 0 Å². The van der Waals surface area contributed by atoms with E-state index in [0.717, 1.165) is 17.0 Å². The predicted octanol–water partition coefficient (Wildman–Crippen LogP) is 4.39. The summed E-state index contributed by atoms with van der Waals surface area (Å²) in [5.41, 5.74) is 2.19. The van der Waals surface area contributed by atoms with E-state index in [1.54, 1.807) is 17.8 Å². The molecular formula is C14H11ClN2S. The van der Waals surface area contributed by atoms with Crippen molar-refractivity contribution in [2.24, 2.45) is 0 Å². The van der Waals surface area contributed by atoms with Gasteiger partial charge in [0.05, 0.1) is 11.3 Å². The van der Waals surface area contributed by atoms with E-state index >= 15 is 0 Å². The summed E-state index contributed by atoms with van der Waals surface area (Å²) in [6, 6.07) is 13.7. The molecule has 0 saturated carbocycles. The van der Waals surface area contributed by atoms with Gasteiger partial charge < -0.3 is 0 Å². The van der Waals surface area contributed by atoms with Crippen LogP contribution in [-0.4, -0.2) is 10.7 Å².